The number of benzene rings is 2. The van der Waals surface area contributed by atoms with Crippen LogP contribution in [0.3, 0.4) is 0 Å². The van der Waals surface area contributed by atoms with Crippen LogP contribution in [0.1, 0.15) is 18.5 Å². The molecule has 3 aromatic rings. The van der Waals surface area contributed by atoms with Crippen molar-refractivity contribution in [2.75, 3.05) is 5.73 Å². The Bertz CT molecular complexity index is 768. The topological polar surface area (TPSA) is 43.8 Å². The first kappa shape index (κ1) is 12.9. The van der Waals surface area contributed by atoms with Crippen LogP contribution < -0.4 is 5.73 Å². The van der Waals surface area contributed by atoms with E-state index in [0.29, 0.717) is 11.5 Å². The van der Waals surface area contributed by atoms with E-state index in [-0.39, 0.29) is 11.1 Å². The summed E-state index contributed by atoms with van der Waals surface area (Å²) in [5.41, 5.74) is 8.31. The Kier molecular flexibility index (Phi) is 3.10. The highest BCUT2D eigenvalue weighted by molar-refractivity contribution is 6.31. The second-order valence-electron chi connectivity index (χ2n) is 4.68. The highest BCUT2D eigenvalue weighted by atomic mass is 35.5. The molecule has 102 valence electrons. The Morgan fingerprint density at radius 1 is 1.25 bits per heavy atom. The van der Waals surface area contributed by atoms with Gasteiger partial charge in [-0.05, 0) is 18.6 Å². The van der Waals surface area contributed by atoms with E-state index >= 15 is 0 Å². The molecule has 0 aliphatic carbocycles. The number of nitrogen functional groups attached to an aromatic ring is 1. The molecule has 0 spiro atoms. The van der Waals surface area contributed by atoms with Crippen molar-refractivity contribution in [3.8, 4) is 0 Å². The van der Waals surface area contributed by atoms with Gasteiger partial charge in [-0.2, -0.15) is 0 Å². The first-order valence-corrected chi connectivity index (χ1v) is 6.63. The minimum Gasteiger partial charge on any atom is -0.369 e. The number of aromatic nitrogens is 2. The maximum Gasteiger partial charge on any atom is 0.201 e. The van der Waals surface area contributed by atoms with Crippen LogP contribution in [0.2, 0.25) is 5.02 Å². The first-order chi connectivity index (χ1) is 9.58. The first-order valence-electron chi connectivity index (χ1n) is 6.25. The summed E-state index contributed by atoms with van der Waals surface area (Å²) in [6, 6.07) is 12.8. The van der Waals surface area contributed by atoms with Crippen LogP contribution in [0, 0.1) is 5.82 Å². The summed E-state index contributed by atoms with van der Waals surface area (Å²) in [6.45, 7) is 2.02. The fraction of sp³-hybridized carbons (Fsp3) is 0.133. The zero-order valence-electron chi connectivity index (χ0n) is 10.8. The molecule has 5 heteroatoms. The van der Waals surface area contributed by atoms with Crippen molar-refractivity contribution in [1.29, 1.82) is 0 Å². The molecular formula is C15H13ClFN3. The average molecular weight is 290 g/mol. The molecule has 0 amide bonds. The van der Waals surface area contributed by atoms with E-state index in [4.69, 9.17) is 17.3 Å². The zero-order valence-corrected chi connectivity index (χ0v) is 11.6. The number of imidazole rings is 1. The molecule has 20 heavy (non-hydrogen) atoms. The van der Waals surface area contributed by atoms with E-state index in [2.05, 4.69) is 4.98 Å². The highest BCUT2D eigenvalue weighted by Gasteiger charge is 2.17. The van der Waals surface area contributed by atoms with Gasteiger partial charge in [0.15, 0.2) is 0 Å². The molecule has 2 aromatic carbocycles. The van der Waals surface area contributed by atoms with Gasteiger partial charge in [0.1, 0.15) is 5.82 Å². The van der Waals surface area contributed by atoms with Gasteiger partial charge in [0, 0.05) is 6.07 Å². The summed E-state index contributed by atoms with van der Waals surface area (Å²) >= 11 is 5.86. The van der Waals surface area contributed by atoms with Gasteiger partial charge < -0.3 is 10.3 Å². The van der Waals surface area contributed by atoms with Crippen LogP contribution in [0.5, 0.6) is 0 Å². The van der Waals surface area contributed by atoms with E-state index in [1.807, 2.05) is 41.8 Å². The predicted octanol–water partition coefficient (Wildman–Crippen LogP) is 4.02. The van der Waals surface area contributed by atoms with Crippen molar-refractivity contribution >= 4 is 28.6 Å². The van der Waals surface area contributed by atoms with E-state index in [1.54, 1.807) is 6.07 Å². The smallest absolute Gasteiger partial charge is 0.201 e. The maximum absolute atomic E-state index is 13.5. The van der Waals surface area contributed by atoms with Crippen molar-refractivity contribution in [3.05, 3.63) is 58.9 Å². The summed E-state index contributed by atoms with van der Waals surface area (Å²) in [7, 11) is 0. The number of rotatable bonds is 2. The van der Waals surface area contributed by atoms with Gasteiger partial charge in [-0.1, -0.05) is 41.9 Å². The second-order valence-corrected chi connectivity index (χ2v) is 5.09. The number of fused-ring (bicyclic) bond motifs is 1. The zero-order chi connectivity index (χ0) is 14.3. The molecule has 1 unspecified atom stereocenters. The van der Waals surface area contributed by atoms with Crippen molar-refractivity contribution in [2.45, 2.75) is 13.0 Å². The molecule has 0 aliphatic heterocycles. The van der Waals surface area contributed by atoms with Crippen molar-refractivity contribution < 1.29 is 4.39 Å². The summed E-state index contributed by atoms with van der Waals surface area (Å²) in [4.78, 5) is 4.20. The molecular weight excluding hydrogens is 277 g/mol. The molecule has 0 fully saturated rings. The lowest BCUT2D eigenvalue weighted by Crippen LogP contribution is -2.10. The standard InChI is InChI=1S/C15H13ClFN3/c1-9(10-5-3-2-4-6-10)20-14-7-11(16)12(17)8-13(14)19-15(20)18/h2-9H,1H3,(H2,18,19). The molecule has 0 saturated heterocycles. The number of hydrogen-bond donors (Lipinski definition) is 1. The Hall–Kier alpha value is -2.07. The van der Waals surface area contributed by atoms with E-state index in [1.165, 1.54) is 6.07 Å². The van der Waals surface area contributed by atoms with E-state index in [9.17, 15) is 4.39 Å². The SMILES string of the molecule is CC(c1ccccc1)n1c(N)nc2cc(F)c(Cl)cc21. The lowest BCUT2D eigenvalue weighted by molar-refractivity contribution is 0.629. The van der Waals surface area contributed by atoms with Gasteiger partial charge in [0.05, 0.1) is 22.1 Å². The fourth-order valence-corrected chi connectivity index (χ4v) is 2.55. The van der Waals surface area contributed by atoms with Gasteiger partial charge >= 0.3 is 0 Å². The lowest BCUT2D eigenvalue weighted by atomic mass is 10.1. The monoisotopic (exact) mass is 289 g/mol. The molecule has 2 N–H and O–H groups in total. The summed E-state index contributed by atoms with van der Waals surface area (Å²) in [5, 5.41) is 0.0684. The molecule has 0 radical (unpaired) electrons. The van der Waals surface area contributed by atoms with Gasteiger partial charge in [0.25, 0.3) is 0 Å². The Labute approximate surface area is 120 Å². The third kappa shape index (κ3) is 2.02. The Morgan fingerprint density at radius 2 is 1.95 bits per heavy atom. The van der Waals surface area contributed by atoms with Crippen LogP contribution in [-0.2, 0) is 0 Å². The third-order valence-corrected chi connectivity index (χ3v) is 3.72. The molecule has 0 aliphatic rings. The molecule has 1 heterocycles. The predicted molar refractivity (Wildman–Crippen MR) is 79.4 cm³/mol. The molecule has 1 aromatic heterocycles. The summed E-state index contributed by atoms with van der Waals surface area (Å²) < 4.78 is 15.3. The quantitative estimate of drug-likeness (QED) is 0.774. The van der Waals surface area contributed by atoms with Crippen molar-refractivity contribution in [3.63, 3.8) is 0 Å². The largest absolute Gasteiger partial charge is 0.369 e. The fourth-order valence-electron chi connectivity index (χ4n) is 2.40. The minimum absolute atomic E-state index is 0.0114. The maximum atomic E-state index is 13.5. The van der Waals surface area contributed by atoms with Gasteiger partial charge in [-0.25, -0.2) is 9.37 Å². The third-order valence-electron chi connectivity index (χ3n) is 3.43. The van der Waals surface area contributed by atoms with E-state index < -0.39 is 5.82 Å². The van der Waals surface area contributed by atoms with Gasteiger partial charge in [-0.15, -0.1) is 0 Å². The lowest BCUT2D eigenvalue weighted by Gasteiger charge is -2.16. The van der Waals surface area contributed by atoms with Gasteiger partial charge in [-0.3, -0.25) is 0 Å². The number of nitrogens with zero attached hydrogens (tertiary/aromatic N) is 2. The average Bonchev–Trinajstić information content (AvgIpc) is 2.75. The molecule has 1 atom stereocenters. The number of nitrogens with two attached hydrogens (primary N) is 1. The molecule has 3 nitrogen and oxygen atoms in total. The highest BCUT2D eigenvalue weighted by Crippen LogP contribution is 2.30. The Morgan fingerprint density at radius 3 is 2.65 bits per heavy atom. The Balaban J connectivity index is 2.21. The number of halogens is 2. The minimum atomic E-state index is -0.490. The van der Waals surface area contributed by atoms with Crippen molar-refractivity contribution in [2.24, 2.45) is 0 Å². The van der Waals surface area contributed by atoms with Crippen molar-refractivity contribution in [1.82, 2.24) is 9.55 Å². The van der Waals surface area contributed by atoms with Crippen LogP contribution >= 0.6 is 11.6 Å². The number of hydrogen-bond acceptors (Lipinski definition) is 2. The second kappa shape index (κ2) is 4.80. The van der Waals surface area contributed by atoms with Crippen LogP contribution in [0.25, 0.3) is 11.0 Å². The summed E-state index contributed by atoms with van der Waals surface area (Å²) in [6.07, 6.45) is 0. The van der Waals surface area contributed by atoms with Crippen LogP contribution in [0.15, 0.2) is 42.5 Å². The molecule has 0 bridgehead atoms. The normalized spacial score (nSPS) is 12.8. The molecule has 0 saturated carbocycles. The van der Waals surface area contributed by atoms with Gasteiger partial charge in [0.2, 0.25) is 5.95 Å². The molecule has 3 rings (SSSR count). The van der Waals surface area contributed by atoms with Crippen LogP contribution in [-0.4, -0.2) is 9.55 Å². The number of anilines is 1. The van der Waals surface area contributed by atoms with Crippen LogP contribution in [0.4, 0.5) is 10.3 Å². The summed E-state index contributed by atoms with van der Waals surface area (Å²) in [5.74, 6) is -0.144. The van der Waals surface area contributed by atoms with E-state index in [0.717, 1.165) is 11.1 Å².